The molecule has 0 aromatic rings. The first-order valence-corrected chi connectivity index (χ1v) is 5.87. The lowest BCUT2D eigenvalue weighted by molar-refractivity contribution is -0.117. The van der Waals surface area contributed by atoms with Crippen LogP contribution in [0.1, 0.15) is 26.2 Å². The second-order valence-electron chi connectivity index (χ2n) is 3.94. The molecule has 1 aliphatic heterocycles. The van der Waals surface area contributed by atoms with Crippen LogP contribution in [0.3, 0.4) is 0 Å². The third-order valence-electron chi connectivity index (χ3n) is 2.83. The van der Waals surface area contributed by atoms with E-state index in [1.807, 2.05) is 13.0 Å². The summed E-state index contributed by atoms with van der Waals surface area (Å²) in [6, 6.07) is 0. The lowest BCUT2D eigenvalue weighted by Gasteiger charge is -2.11. The third kappa shape index (κ3) is 3.75. The first kappa shape index (κ1) is 14.1. The topological polar surface area (TPSA) is 36.9 Å². The van der Waals surface area contributed by atoms with Gasteiger partial charge in [-0.05, 0) is 32.3 Å². The van der Waals surface area contributed by atoms with Crippen molar-refractivity contribution < 1.29 is 18.9 Å². The molecule has 0 fully saturated rings. The molecule has 4 heteroatoms. The monoisotopic (exact) mass is 242 g/mol. The summed E-state index contributed by atoms with van der Waals surface area (Å²) < 4.78 is 21.1. The maximum absolute atomic E-state index is 5.64. The van der Waals surface area contributed by atoms with E-state index >= 15 is 0 Å². The molecular weight excluding hydrogens is 220 g/mol. The maximum atomic E-state index is 5.64. The number of ether oxygens (including phenoxy) is 4. The van der Waals surface area contributed by atoms with Gasteiger partial charge < -0.3 is 18.9 Å². The Morgan fingerprint density at radius 2 is 2.06 bits per heavy atom. The first-order valence-electron chi connectivity index (χ1n) is 5.87. The van der Waals surface area contributed by atoms with E-state index in [0.29, 0.717) is 0 Å². The van der Waals surface area contributed by atoms with Gasteiger partial charge in [0.2, 0.25) is 6.29 Å². The Kier molecular flexibility index (Phi) is 6.08. The molecule has 0 bridgehead atoms. The minimum Gasteiger partial charge on any atom is -0.505 e. The van der Waals surface area contributed by atoms with E-state index in [2.05, 4.69) is 0 Å². The molecule has 0 saturated carbocycles. The number of methoxy groups -OCH3 is 3. The fraction of sp³-hybridized carbons (Fsp3) is 0.692. The van der Waals surface area contributed by atoms with Gasteiger partial charge in [-0.3, -0.25) is 0 Å². The molecule has 4 nitrogen and oxygen atoms in total. The van der Waals surface area contributed by atoms with Crippen LogP contribution in [0, 0.1) is 0 Å². The van der Waals surface area contributed by atoms with Crippen molar-refractivity contribution in [3.8, 4) is 0 Å². The highest BCUT2D eigenvalue weighted by Gasteiger charge is 2.32. The van der Waals surface area contributed by atoms with Crippen LogP contribution in [0.25, 0.3) is 0 Å². The molecule has 0 saturated heterocycles. The van der Waals surface area contributed by atoms with E-state index in [4.69, 9.17) is 18.9 Å². The summed E-state index contributed by atoms with van der Waals surface area (Å²) in [5, 5.41) is 0. The van der Waals surface area contributed by atoms with Crippen LogP contribution in [-0.4, -0.2) is 33.7 Å². The van der Waals surface area contributed by atoms with Crippen molar-refractivity contribution in [2.75, 3.05) is 21.3 Å². The Bertz CT molecular complexity index is 283. The molecule has 0 amide bonds. The van der Waals surface area contributed by atoms with Crippen molar-refractivity contribution in [3.05, 3.63) is 23.7 Å². The van der Waals surface area contributed by atoms with Gasteiger partial charge in [0.05, 0.1) is 26.6 Å². The van der Waals surface area contributed by atoms with E-state index < -0.39 is 0 Å². The van der Waals surface area contributed by atoms with Crippen LogP contribution >= 0.6 is 0 Å². The van der Waals surface area contributed by atoms with E-state index in [0.717, 1.165) is 25.0 Å². The number of rotatable bonds is 7. The fourth-order valence-electron chi connectivity index (χ4n) is 1.97. The van der Waals surface area contributed by atoms with Crippen molar-refractivity contribution in [1.82, 2.24) is 0 Å². The van der Waals surface area contributed by atoms with Gasteiger partial charge in [-0.15, -0.1) is 0 Å². The van der Waals surface area contributed by atoms with Crippen molar-refractivity contribution in [1.29, 1.82) is 0 Å². The van der Waals surface area contributed by atoms with E-state index in [-0.39, 0.29) is 12.4 Å². The summed E-state index contributed by atoms with van der Waals surface area (Å²) in [4.78, 5) is 0. The normalized spacial score (nSPS) is 24.7. The molecule has 17 heavy (non-hydrogen) atoms. The molecule has 0 N–H and O–H groups in total. The molecule has 1 aliphatic rings. The minimum absolute atomic E-state index is 0.0707. The quantitative estimate of drug-likeness (QED) is 0.508. The Hall–Kier alpha value is -1.00. The Labute approximate surface area is 103 Å². The maximum Gasteiger partial charge on any atom is 0.216 e. The molecule has 98 valence electrons. The molecule has 0 radical (unpaired) electrons. The van der Waals surface area contributed by atoms with Gasteiger partial charge in [-0.2, -0.15) is 0 Å². The van der Waals surface area contributed by atoms with Crippen molar-refractivity contribution in [2.45, 2.75) is 38.6 Å². The smallest absolute Gasteiger partial charge is 0.216 e. The van der Waals surface area contributed by atoms with Crippen molar-refractivity contribution in [2.24, 2.45) is 0 Å². The second-order valence-corrected chi connectivity index (χ2v) is 3.94. The molecule has 1 rings (SSSR count). The first-order chi connectivity index (χ1) is 8.24. The number of allylic oxidation sites excluding steroid dienone is 1. The van der Waals surface area contributed by atoms with E-state index in [9.17, 15) is 0 Å². The van der Waals surface area contributed by atoms with Gasteiger partial charge >= 0.3 is 0 Å². The van der Waals surface area contributed by atoms with Crippen LogP contribution in [0.4, 0.5) is 0 Å². The van der Waals surface area contributed by atoms with Crippen molar-refractivity contribution >= 4 is 0 Å². The SMILES string of the molecule is COC=CCCCC1=C(OC)C(OC)O[C@H]1C. The van der Waals surface area contributed by atoms with Crippen molar-refractivity contribution in [3.63, 3.8) is 0 Å². The summed E-state index contributed by atoms with van der Waals surface area (Å²) in [6.45, 7) is 2.03. The van der Waals surface area contributed by atoms with Gasteiger partial charge in [-0.25, -0.2) is 0 Å². The van der Waals surface area contributed by atoms with Gasteiger partial charge in [-0.1, -0.05) is 0 Å². The predicted molar refractivity (Wildman–Crippen MR) is 65.4 cm³/mol. The summed E-state index contributed by atoms with van der Waals surface area (Å²) in [6.07, 6.45) is 6.43. The predicted octanol–water partition coefficient (Wildman–Crippen LogP) is 2.61. The van der Waals surface area contributed by atoms with Gasteiger partial charge in [0.1, 0.15) is 0 Å². The number of unbranched alkanes of at least 4 members (excludes halogenated alkanes) is 1. The zero-order valence-corrected chi connectivity index (χ0v) is 11.1. The molecule has 1 unspecified atom stereocenters. The zero-order valence-electron chi connectivity index (χ0n) is 11.1. The largest absolute Gasteiger partial charge is 0.505 e. The van der Waals surface area contributed by atoms with Crippen LogP contribution < -0.4 is 0 Å². The Balaban J connectivity index is 2.51. The standard InChI is InChI=1S/C13H22O4/c1-10-11(8-6-5-7-9-14-2)12(15-3)13(16-4)17-10/h7,9-10,13H,5-6,8H2,1-4H3/t10-,13?/m0/s1. The van der Waals surface area contributed by atoms with Gasteiger partial charge in [0.25, 0.3) is 0 Å². The van der Waals surface area contributed by atoms with Crippen LogP contribution in [-0.2, 0) is 18.9 Å². The summed E-state index contributed by atoms with van der Waals surface area (Å²) >= 11 is 0. The number of hydrogen-bond acceptors (Lipinski definition) is 4. The molecule has 1 heterocycles. The minimum atomic E-state index is -0.348. The fourth-order valence-corrected chi connectivity index (χ4v) is 1.97. The summed E-state index contributed by atoms with van der Waals surface area (Å²) in [5.41, 5.74) is 1.20. The molecule has 0 spiro atoms. The highest BCUT2D eigenvalue weighted by molar-refractivity contribution is 5.20. The highest BCUT2D eigenvalue weighted by atomic mass is 16.7. The van der Waals surface area contributed by atoms with Crippen LogP contribution in [0.2, 0.25) is 0 Å². The molecule has 0 aromatic carbocycles. The number of hydrogen-bond donors (Lipinski definition) is 0. The molecule has 2 atom stereocenters. The lowest BCUT2D eigenvalue weighted by Crippen LogP contribution is -2.15. The average molecular weight is 242 g/mol. The summed E-state index contributed by atoms with van der Waals surface area (Å²) in [7, 11) is 4.94. The lowest BCUT2D eigenvalue weighted by atomic mass is 10.0. The Morgan fingerprint density at radius 3 is 2.65 bits per heavy atom. The van der Waals surface area contributed by atoms with E-state index in [1.54, 1.807) is 27.6 Å². The average Bonchev–Trinajstić information content (AvgIpc) is 2.65. The zero-order chi connectivity index (χ0) is 12.7. The third-order valence-corrected chi connectivity index (χ3v) is 2.83. The summed E-state index contributed by atoms with van der Waals surface area (Å²) in [5.74, 6) is 0.829. The van der Waals surface area contributed by atoms with Crippen LogP contribution in [0.5, 0.6) is 0 Å². The van der Waals surface area contributed by atoms with Gasteiger partial charge in [0.15, 0.2) is 5.76 Å². The molecule has 0 aliphatic carbocycles. The van der Waals surface area contributed by atoms with E-state index in [1.165, 1.54) is 5.57 Å². The van der Waals surface area contributed by atoms with Crippen LogP contribution in [0.15, 0.2) is 23.7 Å². The molecular formula is C13H22O4. The van der Waals surface area contributed by atoms with Gasteiger partial charge in [0, 0.05) is 12.7 Å². The highest BCUT2D eigenvalue weighted by Crippen LogP contribution is 2.31. The Morgan fingerprint density at radius 1 is 1.29 bits per heavy atom. The molecule has 0 aromatic heterocycles. The second kappa shape index (κ2) is 7.35.